The summed E-state index contributed by atoms with van der Waals surface area (Å²) in [6, 6.07) is 16.4. The Balaban J connectivity index is 1.47. The molecule has 176 valence electrons. The summed E-state index contributed by atoms with van der Waals surface area (Å²) in [5, 5.41) is 2.30. The van der Waals surface area contributed by atoms with Gasteiger partial charge in [0.2, 0.25) is 0 Å². The van der Waals surface area contributed by atoms with Crippen LogP contribution in [0.25, 0.3) is 11.3 Å². The highest BCUT2D eigenvalue weighted by atomic mass is 35.5. The number of halogens is 2. The number of rotatable bonds is 9. The monoisotopic (exact) mass is 510 g/mol. The second-order valence-corrected chi connectivity index (χ2v) is 11.0. The molecular formula is C27H28Cl2N4S. The summed E-state index contributed by atoms with van der Waals surface area (Å²) in [6.07, 6.45) is 7.70. The van der Waals surface area contributed by atoms with Crippen molar-refractivity contribution in [3.8, 4) is 11.3 Å². The van der Waals surface area contributed by atoms with Crippen molar-refractivity contribution in [2.24, 2.45) is 5.92 Å². The van der Waals surface area contributed by atoms with Crippen molar-refractivity contribution >= 4 is 39.7 Å². The van der Waals surface area contributed by atoms with E-state index in [0.29, 0.717) is 16.0 Å². The summed E-state index contributed by atoms with van der Waals surface area (Å²) < 4.78 is 2.19. The van der Waals surface area contributed by atoms with Gasteiger partial charge in [-0.3, -0.25) is 0 Å². The zero-order chi connectivity index (χ0) is 23.7. The molecule has 0 spiro atoms. The minimum atomic E-state index is 0.232. The molecule has 0 saturated heterocycles. The minimum absolute atomic E-state index is 0.232. The highest BCUT2D eigenvalue weighted by molar-refractivity contribution is 7.16. The van der Waals surface area contributed by atoms with Crippen LogP contribution in [-0.4, -0.2) is 21.1 Å². The van der Waals surface area contributed by atoms with Crippen molar-refractivity contribution in [2.45, 2.75) is 45.7 Å². The summed E-state index contributed by atoms with van der Waals surface area (Å²) in [5.74, 6) is 0.610. The van der Waals surface area contributed by atoms with Crippen molar-refractivity contribution in [2.75, 3.05) is 11.4 Å². The Bertz CT molecular complexity index is 1260. The van der Waals surface area contributed by atoms with E-state index < -0.39 is 0 Å². The SMILES string of the molecule is CCCN(c1nc(-c2ccc(Cl)cc2Cl)c(C)s1)C(c1cn(Cc2ccccc2)cn1)C1CC1. The van der Waals surface area contributed by atoms with Crippen LogP contribution in [0.4, 0.5) is 5.13 Å². The van der Waals surface area contributed by atoms with Gasteiger partial charge in [-0.15, -0.1) is 11.3 Å². The molecule has 5 rings (SSSR count). The molecule has 0 bridgehead atoms. The molecule has 1 unspecified atom stereocenters. The van der Waals surface area contributed by atoms with Crippen molar-refractivity contribution in [1.29, 1.82) is 0 Å². The van der Waals surface area contributed by atoms with E-state index in [1.54, 1.807) is 17.4 Å². The predicted molar refractivity (Wildman–Crippen MR) is 143 cm³/mol. The Morgan fingerprint density at radius 1 is 1.15 bits per heavy atom. The summed E-state index contributed by atoms with van der Waals surface area (Å²) in [4.78, 5) is 13.6. The van der Waals surface area contributed by atoms with Crippen LogP contribution in [-0.2, 0) is 6.54 Å². The van der Waals surface area contributed by atoms with Crippen LogP contribution in [0.1, 0.15) is 48.4 Å². The minimum Gasteiger partial charge on any atom is -0.339 e. The van der Waals surface area contributed by atoms with Gasteiger partial charge in [0.1, 0.15) is 0 Å². The summed E-state index contributed by atoms with van der Waals surface area (Å²) in [6.45, 7) is 6.11. The molecule has 4 nitrogen and oxygen atoms in total. The van der Waals surface area contributed by atoms with Crippen LogP contribution in [0.3, 0.4) is 0 Å². The maximum Gasteiger partial charge on any atom is 0.186 e. The third-order valence-corrected chi connectivity index (χ3v) is 7.81. The number of aromatic nitrogens is 3. The van der Waals surface area contributed by atoms with Gasteiger partial charge in [0.15, 0.2) is 5.13 Å². The lowest BCUT2D eigenvalue weighted by Gasteiger charge is -2.30. The Morgan fingerprint density at radius 3 is 2.65 bits per heavy atom. The van der Waals surface area contributed by atoms with Gasteiger partial charge in [-0.05, 0) is 55.9 Å². The fraction of sp³-hybridized carbons (Fsp3) is 0.333. The first-order valence-corrected chi connectivity index (χ1v) is 13.4. The van der Waals surface area contributed by atoms with Gasteiger partial charge in [-0.1, -0.05) is 60.5 Å². The lowest BCUT2D eigenvalue weighted by atomic mass is 10.1. The second-order valence-electron chi connectivity index (χ2n) is 8.96. The topological polar surface area (TPSA) is 34.0 Å². The molecule has 0 N–H and O–H groups in total. The second kappa shape index (κ2) is 10.1. The molecule has 7 heteroatoms. The molecule has 2 heterocycles. The number of benzene rings is 2. The van der Waals surface area contributed by atoms with E-state index in [0.717, 1.165) is 46.5 Å². The smallest absolute Gasteiger partial charge is 0.186 e. The molecular weight excluding hydrogens is 483 g/mol. The molecule has 0 aliphatic heterocycles. The van der Waals surface area contributed by atoms with Crippen LogP contribution < -0.4 is 4.90 Å². The van der Waals surface area contributed by atoms with Crippen LogP contribution in [0, 0.1) is 12.8 Å². The molecule has 0 radical (unpaired) electrons. The van der Waals surface area contributed by atoms with E-state index in [1.807, 2.05) is 18.5 Å². The Labute approximate surface area is 215 Å². The van der Waals surface area contributed by atoms with Crippen LogP contribution in [0.2, 0.25) is 10.0 Å². The van der Waals surface area contributed by atoms with Gasteiger partial charge in [-0.2, -0.15) is 0 Å². The van der Waals surface area contributed by atoms with Gasteiger partial charge in [0.25, 0.3) is 0 Å². The number of hydrogen-bond acceptors (Lipinski definition) is 4. The maximum atomic E-state index is 6.53. The summed E-state index contributed by atoms with van der Waals surface area (Å²) >= 11 is 14.4. The number of anilines is 1. The number of thiazole rings is 1. The van der Waals surface area contributed by atoms with E-state index in [9.17, 15) is 0 Å². The third-order valence-electron chi connectivity index (χ3n) is 6.25. The lowest BCUT2D eigenvalue weighted by molar-refractivity contribution is 0.540. The van der Waals surface area contributed by atoms with E-state index in [-0.39, 0.29) is 6.04 Å². The average molecular weight is 512 g/mol. The number of hydrogen-bond donors (Lipinski definition) is 0. The molecule has 0 amide bonds. The Morgan fingerprint density at radius 2 is 1.94 bits per heavy atom. The van der Waals surface area contributed by atoms with Crippen molar-refractivity contribution < 1.29 is 0 Å². The first-order chi connectivity index (χ1) is 16.5. The Hall–Kier alpha value is -2.34. The molecule has 2 aromatic carbocycles. The van der Waals surface area contributed by atoms with Gasteiger partial charge < -0.3 is 9.47 Å². The summed E-state index contributed by atoms with van der Waals surface area (Å²) in [5.41, 5.74) is 4.27. The van der Waals surface area contributed by atoms with Crippen LogP contribution in [0.15, 0.2) is 61.1 Å². The fourth-order valence-corrected chi connectivity index (χ4v) is 5.99. The fourth-order valence-electron chi connectivity index (χ4n) is 4.51. The van der Waals surface area contributed by atoms with Crippen LogP contribution >= 0.6 is 34.5 Å². The van der Waals surface area contributed by atoms with E-state index >= 15 is 0 Å². The molecule has 1 aliphatic rings. The Kier molecular flexibility index (Phi) is 6.96. The zero-order valence-corrected chi connectivity index (χ0v) is 21.7. The lowest BCUT2D eigenvalue weighted by Crippen LogP contribution is -2.31. The van der Waals surface area contributed by atoms with Crippen molar-refractivity contribution in [3.05, 3.63) is 87.2 Å². The van der Waals surface area contributed by atoms with Crippen LogP contribution in [0.5, 0.6) is 0 Å². The number of aryl methyl sites for hydroxylation is 1. The van der Waals surface area contributed by atoms with E-state index in [4.69, 9.17) is 33.2 Å². The van der Waals surface area contributed by atoms with Crippen molar-refractivity contribution in [3.63, 3.8) is 0 Å². The van der Waals surface area contributed by atoms with E-state index in [1.165, 1.54) is 18.4 Å². The molecule has 4 aromatic rings. The number of nitrogens with zero attached hydrogens (tertiary/aromatic N) is 4. The zero-order valence-electron chi connectivity index (χ0n) is 19.4. The van der Waals surface area contributed by atoms with Crippen molar-refractivity contribution in [1.82, 2.24) is 14.5 Å². The van der Waals surface area contributed by atoms with Gasteiger partial charge in [0.05, 0.1) is 28.8 Å². The van der Waals surface area contributed by atoms with E-state index in [2.05, 4.69) is 59.8 Å². The molecule has 34 heavy (non-hydrogen) atoms. The first-order valence-electron chi connectivity index (χ1n) is 11.8. The van der Waals surface area contributed by atoms with Gasteiger partial charge >= 0.3 is 0 Å². The maximum absolute atomic E-state index is 6.53. The van der Waals surface area contributed by atoms with Gasteiger partial charge in [-0.25, -0.2) is 9.97 Å². The standard InChI is InChI=1S/C27H28Cl2N4S/c1-3-13-33(27-31-25(18(2)34-27)22-12-11-21(28)14-23(22)29)26(20-9-10-20)24-16-32(17-30-24)15-19-7-5-4-6-8-19/h4-8,11-12,14,16-17,20,26H,3,9-10,13,15H2,1-2H3. The normalized spacial score (nSPS) is 14.4. The highest BCUT2D eigenvalue weighted by Crippen LogP contribution is 2.47. The molecule has 1 atom stereocenters. The average Bonchev–Trinajstić information content (AvgIpc) is 3.43. The highest BCUT2D eigenvalue weighted by Gasteiger charge is 2.39. The third kappa shape index (κ3) is 5.02. The predicted octanol–water partition coefficient (Wildman–Crippen LogP) is 8.04. The number of imidazole rings is 1. The molecule has 1 aliphatic carbocycles. The quantitative estimate of drug-likeness (QED) is 0.228. The largest absolute Gasteiger partial charge is 0.339 e. The molecule has 2 aromatic heterocycles. The molecule has 1 saturated carbocycles. The first kappa shape index (κ1) is 23.4. The van der Waals surface area contributed by atoms with Gasteiger partial charge in [0, 0.05) is 34.7 Å². The summed E-state index contributed by atoms with van der Waals surface area (Å²) in [7, 11) is 0. The molecule has 1 fully saturated rings.